The monoisotopic (exact) mass is 343 g/mol. The number of aliphatic hydroxyl groups excluding tert-OH is 1. The predicted molar refractivity (Wildman–Crippen MR) is 92.6 cm³/mol. The molecule has 0 bridgehead atoms. The van der Waals surface area contributed by atoms with E-state index in [1.807, 2.05) is 24.3 Å². The zero-order valence-corrected chi connectivity index (χ0v) is 14.6. The fourth-order valence-corrected chi connectivity index (χ4v) is 3.54. The van der Waals surface area contributed by atoms with Crippen molar-refractivity contribution in [1.29, 1.82) is 0 Å². The highest BCUT2D eigenvalue weighted by atomic mass is 16.5. The van der Waals surface area contributed by atoms with E-state index >= 15 is 0 Å². The van der Waals surface area contributed by atoms with Crippen LogP contribution in [0.2, 0.25) is 0 Å². The molecule has 1 saturated carbocycles. The number of β-amino-alcohol motifs (C(OH)–C–C–N with tert-alkyl or cyclic N) is 1. The molecule has 0 radical (unpaired) electrons. The molecule has 6 nitrogen and oxygen atoms in total. The summed E-state index contributed by atoms with van der Waals surface area (Å²) in [7, 11) is 1.64. The van der Waals surface area contributed by atoms with E-state index in [2.05, 4.69) is 15.0 Å². The third kappa shape index (κ3) is 3.85. The van der Waals surface area contributed by atoms with E-state index in [4.69, 9.17) is 9.26 Å². The molecule has 2 heterocycles. The third-order valence-corrected chi connectivity index (χ3v) is 5.16. The molecule has 1 aromatic carbocycles. The van der Waals surface area contributed by atoms with Gasteiger partial charge >= 0.3 is 0 Å². The van der Waals surface area contributed by atoms with Crippen LogP contribution >= 0.6 is 0 Å². The first kappa shape index (κ1) is 16.5. The maximum Gasteiger partial charge on any atom is 0.229 e. The Kier molecular flexibility index (Phi) is 4.72. The van der Waals surface area contributed by atoms with E-state index in [-0.39, 0.29) is 0 Å². The van der Waals surface area contributed by atoms with Crippen LogP contribution in [0.1, 0.15) is 60.9 Å². The number of hydrogen-bond acceptors (Lipinski definition) is 6. The summed E-state index contributed by atoms with van der Waals surface area (Å²) in [4.78, 5) is 6.90. The van der Waals surface area contributed by atoms with Crippen LogP contribution in [0.4, 0.5) is 0 Å². The molecule has 134 valence electrons. The van der Waals surface area contributed by atoms with Gasteiger partial charge in [0.2, 0.25) is 5.89 Å². The van der Waals surface area contributed by atoms with Gasteiger partial charge in [0.25, 0.3) is 0 Å². The number of nitrogens with zero attached hydrogens (tertiary/aromatic N) is 3. The van der Waals surface area contributed by atoms with Gasteiger partial charge in [-0.05, 0) is 49.9 Å². The molecule has 1 N–H and O–H groups in total. The quantitative estimate of drug-likeness (QED) is 0.869. The van der Waals surface area contributed by atoms with Gasteiger partial charge in [-0.15, -0.1) is 0 Å². The Bertz CT molecular complexity index is 713. The number of methoxy groups -OCH3 is 1. The lowest BCUT2D eigenvalue weighted by Gasteiger charge is -2.32. The molecule has 0 amide bonds. The number of piperidine rings is 1. The van der Waals surface area contributed by atoms with Crippen LogP contribution in [0.3, 0.4) is 0 Å². The highest BCUT2D eigenvalue weighted by molar-refractivity contribution is 5.30. The number of ether oxygens (including phenoxy) is 1. The summed E-state index contributed by atoms with van der Waals surface area (Å²) in [5.74, 6) is 3.21. The standard InChI is InChI=1S/C19H25N3O3/c1-24-16-6-2-4-14(10-16)17(23)12-22-9-3-5-15(11-22)18-20-19(25-21-18)13-7-8-13/h2,4,6,10,13,15,17,23H,3,5,7-9,11-12H2,1H3. The minimum Gasteiger partial charge on any atom is -0.497 e. The van der Waals surface area contributed by atoms with Crippen molar-refractivity contribution in [3.8, 4) is 5.75 Å². The van der Waals surface area contributed by atoms with Crippen LogP contribution in [0, 0.1) is 0 Å². The molecule has 2 atom stereocenters. The van der Waals surface area contributed by atoms with Crippen LogP contribution < -0.4 is 4.74 Å². The second-order valence-electron chi connectivity index (χ2n) is 7.16. The first-order chi connectivity index (χ1) is 12.2. The average molecular weight is 343 g/mol. The number of aromatic nitrogens is 2. The van der Waals surface area contributed by atoms with Crippen molar-refractivity contribution in [2.75, 3.05) is 26.7 Å². The van der Waals surface area contributed by atoms with E-state index in [9.17, 15) is 5.11 Å². The van der Waals surface area contributed by atoms with Crippen molar-refractivity contribution in [3.63, 3.8) is 0 Å². The largest absolute Gasteiger partial charge is 0.497 e. The fraction of sp³-hybridized carbons (Fsp3) is 0.579. The average Bonchev–Trinajstić information content (AvgIpc) is 3.39. The molecule has 0 spiro atoms. The van der Waals surface area contributed by atoms with Crippen LogP contribution in [0.25, 0.3) is 0 Å². The van der Waals surface area contributed by atoms with Crippen molar-refractivity contribution in [2.45, 2.75) is 43.6 Å². The Labute approximate surface area is 147 Å². The fourth-order valence-electron chi connectivity index (χ4n) is 3.54. The van der Waals surface area contributed by atoms with Crippen LogP contribution in [-0.4, -0.2) is 46.9 Å². The summed E-state index contributed by atoms with van der Waals surface area (Å²) < 4.78 is 10.7. The summed E-state index contributed by atoms with van der Waals surface area (Å²) in [6.07, 6.45) is 3.98. The summed E-state index contributed by atoms with van der Waals surface area (Å²) in [6.45, 7) is 2.46. The normalized spacial score (nSPS) is 22.7. The van der Waals surface area contributed by atoms with Gasteiger partial charge in [0, 0.05) is 24.9 Å². The highest BCUT2D eigenvalue weighted by Gasteiger charge is 2.32. The van der Waals surface area contributed by atoms with Gasteiger partial charge < -0.3 is 14.4 Å². The molecule has 2 aromatic rings. The molecule has 6 heteroatoms. The SMILES string of the molecule is COc1cccc(C(O)CN2CCCC(c3noc(C4CC4)n3)C2)c1. The van der Waals surface area contributed by atoms with Gasteiger partial charge in [-0.1, -0.05) is 17.3 Å². The van der Waals surface area contributed by atoms with Crippen LogP contribution in [0.5, 0.6) is 5.75 Å². The summed E-state index contributed by atoms with van der Waals surface area (Å²) >= 11 is 0. The molecule has 1 saturated heterocycles. The van der Waals surface area contributed by atoms with Gasteiger partial charge in [-0.25, -0.2) is 0 Å². The molecule has 2 aliphatic rings. The van der Waals surface area contributed by atoms with Gasteiger partial charge in [0.1, 0.15) is 5.75 Å². The molecule has 2 unspecified atom stereocenters. The van der Waals surface area contributed by atoms with Crippen molar-refractivity contribution in [3.05, 3.63) is 41.5 Å². The first-order valence-electron chi connectivity index (χ1n) is 9.11. The van der Waals surface area contributed by atoms with Gasteiger partial charge in [0.15, 0.2) is 5.82 Å². The summed E-state index contributed by atoms with van der Waals surface area (Å²) in [5.41, 5.74) is 0.886. The number of hydrogen-bond donors (Lipinski definition) is 1. The molecule has 1 aliphatic heterocycles. The van der Waals surface area contributed by atoms with Crippen molar-refractivity contribution in [2.24, 2.45) is 0 Å². The summed E-state index contributed by atoms with van der Waals surface area (Å²) in [5, 5.41) is 14.8. The van der Waals surface area contributed by atoms with E-state index in [1.165, 1.54) is 12.8 Å². The Morgan fingerprint density at radius 2 is 2.20 bits per heavy atom. The first-order valence-corrected chi connectivity index (χ1v) is 9.11. The minimum absolute atomic E-state index is 0.294. The maximum absolute atomic E-state index is 10.6. The maximum atomic E-state index is 10.6. The summed E-state index contributed by atoms with van der Waals surface area (Å²) in [6, 6.07) is 7.64. The van der Waals surface area contributed by atoms with E-state index in [0.29, 0.717) is 18.4 Å². The lowest BCUT2D eigenvalue weighted by atomic mass is 9.96. The van der Waals surface area contributed by atoms with E-state index in [0.717, 1.165) is 49.0 Å². The zero-order valence-electron chi connectivity index (χ0n) is 14.6. The molecule has 4 rings (SSSR count). The molecular weight excluding hydrogens is 318 g/mol. The molecule has 1 aromatic heterocycles. The number of aliphatic hydroxyl groups is 1. The Morgan fingerprint density at radius 1 is 1.32 bits per heavy atom. The smallest absolute Gasteiger partial charge is 0.229 e. The number of likely N-dealkylation sites (tertiary alicyclic amines) is 1. The number of benzene rings is 1. The number of rotatable bonds is 6. The molecule has 1 aliphatic carbocycles. The second-order valence-corrected chi connectivity index (χ2v) is 7.16. The zero-order chi connectivity index (χ0) is 17.2. The molecular formula is C19H25N3O3. The van der Waals surface area contributed by atoms with Crippen molar-refractivity contribution >= 4 is 0 Å². The molecule has 25 heavy (non-hydrogen) atoms. The molecule has 2 fully saturated rings. The van der Waals surface area contributed by atoms with E-state index < -0.39 is 6.10 Å². The van der Waals surface area contributed by atoms with E-state index in [1.54, 1.807) is 7.11 Å². The van der Waals surface area contributed by atoms with Crippen molar-refractivity contribution in [1.82, 2.24) is 15.0 Å². The van der Waals surface area contributed by atoms with Gasteiger partial charge in [-0.3, -0.25) is 4.90 Å². The van der Waals surface area contributed by atoms with Gasteiger partial charge in [0.05, 0.1) is 13.2 Å². The Balaban J connectivity index is 1.38. The highest BCUT2D eigenvalue weighted by Crippen LogP contribution is 2.39. The van der Waals surface area contributed by atoms with Crippen LogP contribution in [0.15, 0.2) is 28.8 Å². The van der Waals surface area contributed by atoms with Crippen LogP contribution in [-0.2, 0) is 0 Å². The third-order valence-electron chi connectivity index (χ3n) is 5.16. The van der Waals surface area contributed by atoms with Crippen molar-refractivity contribution < 1.29 is 14.4 Å². The lowest BCUT2D eigenvalue weighted by molar-refractivity contribution is 0.0940. The second kappa shape index (κ2) is 7.14. The topological polar surface area (TPSA) is 71.6 Å². The lowest BCUT2D eigenvalue weighted by Crippen LogP contribution is -2.37. The Morgan fingerprint density at radius 3 is 3.00 bits per heavy atom. The Hall–Kier alpha value is -1.92. The van der Waals surface area contributed by atoms with Gasteiger partial charge in [-0.2, -0.15) is 4.98 Å². The minimum atomic E-state index is -0.527. The predicted octanol–water partition coefficient (Wildman–Crippen LogP) is 2.87.